The molecule has 0 fully saturated rings. The monoisotopic (exact) mass is 356 g/mol. The number of halogens is 4. The highest BCUT2D eigenvalue weighted by atomic mass is 79.9. The van der Waals surface area contributed by atoms with Crippen molar-refractivity contribution in [1.82, 2.24) is 0 Å². The van der Waals surface area contributed by atoms with Gasteiger partial charge >= 0.3 is 6.61 Å². The second-order valence-corrected chi connectivity index (χ2v) is 5.14. The molecule has 1 atom stereocenters. The van der Waals surface area contributed by atoms with Gasteiger partial charge in [0, 0.05) is 5.56 Å². The van der Waals surface area contributed by atoms with Crippen LogP contribution in [0.25, 0.3) is 0 Å². The van der Waals surface area contributed by atoms with E-state index in [-0.39, 0.29) is 20.8 Å². The molecule has 0 heterocycles. The molecule has 0 saturated heterocycles. The Balaban J connectivity index is 3.08. The lowest BCUT2D eigenvalue weighted by atomic mass is 10.1. The molecule has 1 aromatic rings. The molecule has 0 amide bonds. The molecule has 0 radical (unpaired) electrons. The minimum atomic E-state index is -2.91. The average molecular weight is 358 g/mol. The number of alkyl halides is 3. The quantitative estimate of drug-likeness (QED) is 0.601. The van der Waals surface area contributed by atoms with E-state index in [4.69, 9.17) is 0 Å². The second kappa shape index (κ2) is 5.72. The van der Waals surface area contributed by atoms with Gasteiger partial charge in [0.15, 0.2) is 5.78 Å². The zero-order valence-corrected chi connectivity index (χ0v) is 11.4. The number of benzene rings is 1. The van der Waals surface area contributed by atoms with Gasteiger partial charge in [-0.15, -0.1) is 0 Å². The SMILES string of the molecule is CC(Br)C(=O)c1cccc(OC(F)F)c1Br. The van der Waals surface area contributed by atoms with Gasteiger partial charge in [-0.1, -0.05) is 22.0 Å². The van der Waals surface area contributed by atoms with E-state index in [1.54, 1.807) is 13.0 Å². The third-order valence-electron chi connectivity index (χ3n) is 1.81. The maximum atomic E-state index is 12.1. The first-order valence-corrected chi connectivity index (χ1v) is 6.06. The average Bonchev–Trinajstić information content (AvgIpc) is 2.19. The van der Waals surface area contributed by atoms with Crippen molar-refractivity contribution in [3.8, 4) is 5.75 Å². The van der Waals surface area contributed by atoms with Crippen LogP contribution in [-0.4, -0.2) is 17.2 Å². The molecule has 1 rings (SSSR count). The van der Waals surface area contributed by atoms with Gasteiger partial charge < -0.3 is 4.74 Å². The van der Waals surface area contributed by atoms with Crippen LogP contribution in [0, 0.1) is 0 Å². The maximum Gasteiger partial charge on any atom is 0.387 e. The fourth-order valence-electron chi connectivity index (χ4n) is 1.10. The largest absolute Gasteiger partial charge is 0.434 e. The molecule has 1 aromatic carbocycles. The molecule has 1 unspecified atom stereocenters. The van der Waals surface area contributed by atoms with Crippen molar-refractivity contribution in [1.29, 1.82) is 0 Å². The number of carbonyl (C=O) groups is 1. The zero-order valence-electron chi connectivity index (χ0n) is 8.22. The fourth-order valence-corrected chi connectivity index (χ4v) is 1.90. The van der Waals surface area contributed by atoms with Crippen molar-refractivity contribution in [2.24, 2.45) is 0 Å². The Morgan fingerprint density at radius 2 is 2.06 bits per heavy atom. The van der Waals surface area contributed by atoms with Crippen LogP contribution in [0.2, 0.25) is 0 Å². The first kappa shape index (κ1) is 13.6. The van der Waals surface area contributed by atoms with Crippen LogP contribution in [-0.2, 0) is 0 Å². The lowest BCUT2D eigenvalue weighted by Crippen LogP contribution is -2.12. The summed E-state index contributed by atoms with van der Waals surface area (Å²) >= 11 is 6.21. The number of Topliss-reactive ketones (excluding diaryl/α,β-unsaturated/α-hetero) is 1. The maximum absolute atomic E-state index is 12.1. The molecule has 0 aliphatic rings. The summed E-state index contributed by atoms with van der Waals surface area (Å²) < 4.78 is 28.6. The molecule has 0 aliphatic carbocycles. The lowest BCUT2D eigenvalue weighted by molar-refractivity contribution is -0.0504. The molecule has 0 saturated carbocycles. The zero-order chi connectivity index (χ0) is 12.3. The van der Waals surface area contributed by atoms with E-state index in [1.165, 1.54) is 12.1 Å². The second-order valence-electron chi connectivity index (χ2n) is 2.98. The Bertz CT molecular complexity index is 394. The molecule has 88 valence electrons. The van der Waals surface area contributed by atoms with E-state index in [9.17, 15) is 13.6 Å². The van der Waals surface area contributed by atoms with Gasteiger partial charge in [-0.2, -0.15) is 8.78 Å². The number of ketones is 1. The number of hydrogen-bond acceptors (Lipinski definition) is 2. The fraction of sp³-hybridized carbons (Fsp3) is 0.300. The number of hydrogen-bond donors (Lipinski definition) is 0. The summed E-state index contributed by atoms with van der Waals surface area (Å²) in [5.41, 5.74) is 0.308. The highest BCUT2D eigenvalue weighted by Crippen LogP contribution is 2.31. The molecule has 6 heteroatoms. The normalized spacial score (nSPS) is 12.6. The topological polar surface area (TPSA) is 26.3 Å². The minimum absolute atomic E-state index is 0.0472. The summed E-state index contributed by atoms with van der Waals surface area (Å²) in [6.45, 7) is -1.25. The molecule has 0 bridgehead atoms. The van der Waals surface area contributed by atoms with Crippen molar-refractivity contribution in [2.45, 2.75) is 18.4 Å². The third kappa shape index (κ3) is 3.25. The summed E-state index contributed by atoms with van der Waals surface area (Å²) in [6.07, 6.45) is 0. The van der Waals surface area contributed by atoms with E-state index < -0.39 is 6.61 Å². The van der Waals surface area contributed by atoms with Gasteiger partial charge in [0.05, 0.1) is 9.30 Å². The number of ether oxygens (including phenoxy) is 1. The molecule has 2 nitrogen and oxygen atoms in total. The van der Waals surface area contributed by atoms with Crippen molar-refractivity contribution in [3.63, 3.8) is 0 Å². The molecule has 0 spiro atoms. The highest BCUT2D eigenvalue weighted by molar-refractivity contribution is 9.10. The molecular weight excluding hydrogens is 350 g/mol. The van der Waals surface area contributed by atoms with Gasteiger partial charge in [0.1, 0.15) is 5.75 Å². The minimum Gasteiger partial charge on any atom is -0.434 e. The summed E-state index contributed by atoms with van der Waals surface area (Å²) in [6, 6.07) is 4.40. The molecule has 0 aliphatic heterocycles. The van der Waals surface area contributed by atoms with Crippen LogP contribution in [0.5, 0.6) is 5.75 Å². The van der Waals surface area contributed by atoms with Gasteiger partial charge in [-0.3, -0.25) is 4.79 Å². The summed E-state index contributed by atoms with van der Waals surface area (Å²) in [4.78, 5) is 11.3. The predicted octanol–water partition coefficient (Wildman–Crippen LogP) is 4.02. The first-order valence-electron chi connectivity index (χ1n) is 4.35. The Hall–Kier alpha value is -0.490. The van der Waals surface area contributed by atoms with Crippen LogP contribution in [0.15, 0.2) is 22.7 Å². The smallest absolute Gasteiger partial charge is 0.387 e. The Morgan fingerprint density at radius 3 is 2.56 bits per heavy atom. The summed E-state index contributed by atoms with van der Waals surface area (Å²) in [5.74, 6) is -0.249. The van der Waals surface area contributed by atoms with Gasteiger partial charge in [-0.25, -0.2) is 0 Å². The van der Waals surface area contributed by atoms with Crippen LogP contribution < -0.4 is 4.74 Å². The summed E-state index contributed by atoms with van der Waals surface area (Å²) in [7, 11) is 0. The van der Waals surface area contributed by atoms with Crippen LogP contribution in [0.1, 0.15) is 17.3 Å². The Morgan fingerprint density at radius 1 is 1.44 bits per heavy atom. The van der Waals surface area contributed by atoms with Crippen molar-refractivity contribution in [3.05, 3.63) is 28.2 Å². The van der Waals surface area contributed by atoms with Crippen LogP contribution in [0.4, 0.5) is 8.78 Å². The van der Waals surface area contributed by atoms with Crippen molar-refractivity contribution < 1.29 is 18.3 Å². The predicted molar refractivity (Wildman–Crippen MR) is 63.5 cm³/mol. The van der Waals surface area contributed by atoms with E-state index in [0.717, 1.165) is 0 Å². The third-order valence-corrected chi connectivity index (χ3v) is 3.04. The number of carbonyl (C=O) groups excluding carboxylic acids is 1. The van der Waals surface area contributed by atoms with Gasteiger partial charge in [-0.05, 0) is 35.0 Å². The van der Waals surface area contributed by atoms with E-state index in [2.05, 4.69) is 36.6 Å². The molecule has 0 aromatic heterocycles. The van der Waals surface area contributed by atoms with Gasteiger partial charge in [0.25, 0.3) is 0 Å². The lowest BCUT2D eigenvalue weighted by Gasteiger charge is -2.10. The Labute approximate surface area is 108 Å². The molecule has 16 heavy (non-hydrogen) atoms. The van der Waals surface area contributed by atoms with Crippen LogP contribution >= 0.6 is 31.9 Å². The van der Waals surface area contributed by atoms with Gasteiger partial charge in [0.2, 0.25) is 0 Å². The van der Waals surface area contributed by atoms with Crippen LogP contribution in [0.3, 0.4) is 0 Å². The van der Waals surface area contributed by atoms with E-state index in [0.29, 0.717) is 5.56 Å². The molecule has 0 N–H and O–H groups in total. The molecular formula is C10H8Br2F2O2. The van der Waals surface area contributed by atoms with Crippen molar-refractivity contribution in [2.75, 3.05) is 0 Å². The number of rotatable bonds is 4. The van der Waals surface area contributed by atoms with Crippen molar-refractivity contribution >= 4 is 37.6 Å². The van der Waals surface area contributed by atoms with E-state index in [1.807, 2.05) is 0 Å². The van der Waals surface area contributed by atoms with E-state index >= 15 is 0 Å². The first-order chi connectivity index (χ1) is 7.43. The highest BCUT2D eigenvalue weighted by Gasteiger charge is 2.18. The summed E-state index contributed by atoms with van der Waals surface area (Å²) in [5, 5.41) is 0. The Kier molecular flexibility index (Phi) is 4.86. The standard InChI is InChI=1S/C10H8Br2F2O2/c1-5(11)9(15)6-3-2-4-7(8(6)12)16-10(13)14/h2-5,10H,1H3.